The highest BCUT2D eigenvalue weighted by atomic mass is 79.9. The van der Waals surface area contributed by atoms with Crippen molar-refractivity contribution in [1.82, 2.24) is 19.8 Å². The van der Waals surface area contributed by atoms with Crippen LogP contribution >= 0.6 is 31.9 Å². The number of H-pyrrole nitrogens is 2. The number of hydrogen-bond donors (Lipinski definition) is 2. The molecule has 6 nitrogen and oxygen atoms in total. The van der Waals surface area contributed by atoms with Crippen LogP contribution in [0.15, 0.2) is 21.6 Å². The van der Waals surface area contributed by atoms with Gasteiger partial charge in [0, 0.05) is 38.9 Å². The minimum absolute atomic E-state index is 0. The van der Waals surface area contributed by atoms with E-state index >= 15 is 0 Å². The Bertz CT molecular complexity index is 965. The minimum atomic E-state index is 0. The zero-order valence-corrected chi connectivity index (χ0v) is 20.3. The van der Waals surface area contributed by atoms with Crippen LogP contribution in [0.1, 0.15) is 80.1 Å². The van der Waals surface area contributed by atoms with Crippen molar-refractivity contribution in [3.8, 4) is 0 Å². The van der Waals surface area contributed by atoms with Crippen LogP contribution in [0, 0.1) is 0 Å². The lowest BCUT2D eigenvalue weighted by molar-refractivity contribution is 0.0719. The maximum absolute atomic E-state index is 12.2. The summed E-state index contributed by atoms with van der Waals surface area (Å²) in [4.78, 5) is 34.2. The molecule has 2 fully saturated rings. The molecule has 0 bridgehead atoms. The fourth-order valence-corrected chi connectivity index (χ4v) is 5.65. The topological polar surface area (TPSA) is 72.2 Å². The van der Waals surface area contributed by atoms with E-state index in [9.17, 15) is 9.59 Å². The van der Waals surface area contributed by atoms with Crippen molar-refractivity contribution in [1.29, 1.82) is 0 Å². The molecule has 0 spiro atoms. The molecule has 2 aliphatic heterocycles. The van der Waals surface area contributed by atoms with Crippen molar-refractivity contribution < 1.29 is 11.0 Å². The van der Waals surface area contributed by atoms with E-state index in [1.54, 1.807) is 6.92 Å². The second-order valence-corrected chi connectivity index (χ2v) is 9.55. The monoisotopic (exact) mass is 555 g/mol. The summed E-state index contributed by atoms with van der Waals surface area (Å²) < 4.78 is 7.95. The highest BCUT2D eigenvalue weighted by molar-refractivity contribution is 9.11. The van der Waals surface area contributed by atoms with Crippen molar-refractivity contribution in [2.45, 2.75) is 71.9 Å². The molecule has 31 heavy (non-hydrogen) atoms. The largest absolute Gasteiger partial charge is 0.367 e. The highest BCUT2D eigenvalue weighted by Gasteiger charge is 2.38. The van der Waals surface area contributed by atoms with Gasteiger partial charge in [-0.1, -0.05) is 21.3 Å². The lowest BCUT2D eigenvalue weighted by Crippen LogP contribution is -2.38. The van der Waals surface area contributed by atoms with Crippen LogP contribution in [-0.4, -0.2) is 56.8 Å². The normalized spacial score (nSPS) is 19.8. The molecule has 170 valence electrons. The molecule has 6 rings (SSSR count). The summed E-state index contributed by atoms with van der Waals surface area (Å²) in [6, 6.07) is 1.06. The van der Waals surface area contributed by atoms with Crippen molar-refractivity contribution in [3.63, 3.8) is 0 Å². The van der Waals surface area contributed by atoms with E-state index in [-0.39, 0.29) is 19.2 Å². The summed E-state index contributed by atoms with van der Waals surface area (Å²) >= 11 is 6.85. The lowest BCUT2D eigenvalue weighted by Gasteiger charge is -2.27. The van der Waals surface area contributed by atoms with Gasteiger partial charge in [-0.05, 0) is 81.5 Å². The molecule has 2 aromatic heterocycles. The molecule has 4 heterocycles. The Morgan fingerprint density at radius 3 is 2.16 bits per heavy atom. The molecule has 0 saturated heterocycles. The molecular weight excluding hydrogens is 524 g/mol. The Kier molecular flexibility index (Phi) is 7.26. The van der Waals surface area contributed by atoms with Gasteiger partial charge in [-0.25, -0.2) is 0 Å². The first-order valence-corrected chi connectivity index (χ1v) is 12.2. The van der Waals surface area contributed by atoms with Gasteiger partial charge in [0.1, 0.15) is 0 Å². The molecule has 2 N–H and O–H groups in total. The number of carbonyl (C=O) groups is 2. The van der Waals surface area contributed by atoms with E-state index in [2.05, 4.69) is 41.8 Å². The third-order valence-electron chi connectivity index (χ3n) is 6.00. The number of aromatic nitrogens is 2. The quantitative estimate of drug-likeness (QED) is 0.510. The predicted molar refractivity (Wildman–Crippen MR) is 131 cm³/mol. The van der Waals surface area contributed by atoms with Gasteiger partial charge < -0.3 is 19.8 Å². The van der Waals surface area contributed by atoms with Crippen LogP contribution in [0.3, 0.4) is 0 Å². The molecule has 4 aliphatic rings. The molecule has 0 atom stereocenters. The van der Waals surface area contributed by atoms with Gasteiger partial charge in [-0.15, -0.1) is 0 Å². The van der Waals surface area contributed by atoms with Gasteiger partial charge in [-0.2, -0.15) is 0 Å². The smallest absolute Gasteiger partial charge is 0.257 e. The number of aromatic amines is 2. The van der Waals surface area contributed by atoms with Crippen molar-refractivity contribution >= 4 is 43.7 Å². The zero-order valence-electron chi connectivity index (χ0n) is 18.1. The fraction of sp³-hybridized carbons (Fsp3) is 0.565. The summed E-state index contributed by atoms with van der Waals surface area (Å²) in [5, 5.41) is 0. The summed E-state index contributed by atoms with van der Waals surface area (Å²) in [5.74, 6) is 0.401. The number of fused-ring (bicyclic) bond motifs is 2. The van der Waals surface area contributed by atoms with E-state index in [0.29, 0.717) is 19.0 Å². The Morgan fingerprint density at radius 1 is 0.968 bits per heavy atom. The van der Waals surface area contributed by atoms with E-state index in [4.69, 9.17) is 1.37 Å². The third-order valence-corrected chi connectivity index (χ3v) is 7.27. The highest BCUT2D eigenvalue weighted by Crippen LogP contribution is 2.37. The number of rotatable bonds is 2. The van der Waals surface area contributed by atoms with Gasteiger partial charge in [0.25, 0.3) is 11.8 Å². The Hall–Kier alpha value is -1.54. The maximum atomic E-state index is 12.2. The van der Waals surface area contributed by atoms with Crippen LogP contribution < -0.4 is 0 Å². The van der Waals surface area contributed by atoms with Crippen LogP contribution in [0.5, 0.6) is 0 Å². The minimum Gasteiger partial charge on any atom is -0.367 e. The predicted octanol–water partition coefficient (Wildman–Crippen LogP) is 5.54. The summed E-state index contributed by atoms with van der Waals surface area (Å²) in [5.41, 5.74) is 4.00. The number of carbonyl (C=O) groups excluding carboxylic acids is 2. The molecule has 8 heteroatoms. The molecular formula is C23H32Br2N4O2. The third kappa shape index (κ3) is 4.80. The van der Waals surface area contributed by atoms with Gasteiger partial charge in [0.2, 0.25) is 0 Å². The molecule has 2 saturated carbocycles. The van der Waals surface area contributed by atoms with Gasteiger partial charge >= 0.3 is 0 Å². The van der Waals surface area contributed by atoms with E-state index in [0.717, 1.165) is 51.8 Å². The fourth-order valence-electron chi connectivity index (χ4n) is 4.18. The average Bonchev–Trinajstić information content (AvgIpc) is 3.66. The second-order valence-electron chi connectivity index (χ2n) is 7.96. The number of halogens is 2. The van der Waals surface area contributed by atoms with Crippen LogP contribution in [0.25, 0.3) is 0 Å². The molecule has 0 unspecified atom stereocenters. The first-order valence-electron chi connectivity index (χ1n) is 11.3. The number of hydrogen-bond acceptors (Lipinski definition) is 2. The van der Waals surface area contributed by atoms with Crippen LogP contribution in [0.4, 0.5) is 0 Å². The van der Waals surface area contributed by atoms with E-state index < -0.39 is 0 Å². The number of nitrogens with zero attached hydrogens (tertiary/aromatic N) is 2. The summed E-state index contributed by atoms with van der Waals surface area (Å²) in [7, 11) is 0. The first kappa shape index (κ1) is 22.6. The van der Waals surface area contributed by atoms with Gasteiger partial charge in [0.15, 0.2) is 0 Å². The number of nitrogens with one attached hydrogen (secondary N) is 2. The maximum Gasteiger partial charge on any atom is 0.257 e. The summed E-state index contributed by atoms with van der Waals surface area (Å²) in [6.45, 7) is 4.06. The average molecular weight is 557 g/mol. The lowest BCUT2D eigenvalue weighted by atomic mass is 10.0. The van der Waals surface area contributed by atoms with E-state index in [1.807, 2.05) is 22.2 Å². The summed E-state index contributed by atoms with van der Waals surface area (Å²) in [6.07, 6.45) is 10.5. The molecule has 2 aromatic rings. The molecule has 2 amide bonds. The van der Waals surface area contributed by atoms with Crippen molar-refractivity contribution in [2.24, 2.45) is 0 Å². The van der Waals surface area contributed by atoms with Gasteiger partial charge in [-0.3, -0.25) is 9.59 Å². The van der Waals surface area contributed by atoms with Crippen LogP contribution in [0.2, 0.25) is 0 Å². The van der Waals surface area contributed by atoms with Crippen molar-refractivity contribution in [3.05, 3.63) is 43.9 Å². The van der Waals surface area contributed by atoms with Crippen molar-refractivity contribution in [2.75, 3.05) is 13.1 Å². The molecule has 0 radical (unpaired) electrons. The van der Waals surface area contributed by atoms with E-state index in [1.165, 1.54) is 31.2 Å². The van der Waals surface area contributed by atoms with Gasteiger partial charge in [0.05, 0.1) is 20.3 Å². The standard InChI is InChI=1S/C10H10Br2N2O.C10H12N2O.C2H6.CH4/c11-8-6-3-4-14(5-1-2-5)10(15)7(6)9(12)13-8;13-10-9-6-11-5-7(9)3-4-12(10)8-1-2-8;1-2;/h5,13H,1-4H2;5-6,8,11H,1-4H2;1-2H3;1H4/i;;1D;. The van der Waals surface area contributed by atoms with Crippen LogP contribution in [-0.2, 0) is 12.8 Å². The Balaban J connectivity index is 0.000000158. The SMILES string of the molecule is C.O=C1c2c(Br)[nH]c(Br)c2CCN1C1CC1.O=C1c2c[nH]cc2CCN1C1CC1.[2H]CC. The first-order chi connectivity index (χ1) is 15.0. The number of amides is 2. The zero-order chi connectivity index (χ0) is 22.1. The molecule has 2 aliphatic carbocycles. The molecule has 0 aromatic carbocycles. The Morgan fingerprint density at radius 2 is 1.55 bits per heavy atom. The second kappa shape index (κ2) is 9.94. The Labute approximate surface area is 202 Å².